The van der Waals surface area contributed by atoms with Crippen molar-refractivity contribution in [1.29, 1.82) is 0 Å². The van der Waals surface area contributed by atoms with E-state index >= 15 is 0 Å². The van der Waals surface area contributed by atoms with Crippen LogP contribution in [0.25, 0.3) is 10.4 Å². The number of aliphatic hydroxyl groups excluding tert-OH is 2. The third kappa shape index (κ3) is 1.67. The van der Waals surface area contributed by atoms with Crippen LogP contribution in [-0.4, -0.2) is 41.2 Å². The Balaban J connectivity index is 2.52. The predicted octanol–water partition coefficient (Wildman–Crippen LogP) is -0.194. The molecule has 68 valence electrons. The molecule has 0 aliphatic carbocycles. The van der Waals surface area contributed by atoms with Gasteiger partial charge in [-0.2, -0.15) is 0 Å². The van der Waals surface area contributed by atoms with E-state index in [-0.39, 0.29) is 6.54 Å². The van der Waals surface area contributed by atoms with Gasteiger partial charge < -0.3 is 14.9 Å². The monoisotopic (exact) mass is 173 g/mol. The van der Waals surface area contributed by atoms with E-state index in [1.165, 1.54) is 0 Å². The summed E-state index contributed by atoms with van der Waals surface area (Å²) in [4.78, 5) is 2.54. The predicted molar refractivity (Wildman–Crippen MR) is 40.4 cm³/mol. The molecule has 0 aromatic heterocycles. The van der Waals surface area contributed by atoms with Gasteiger partial charge >= 0.3 is 0 Å². The van der Waals surface area contributed by atoms with E-state index in [0.29, 0.717) is 0 Å². The average Bonchev–Trinajstić information content (AvgIpc) is 2.30. The van der Waals surface area contributed by atoms with Crippen molar-refractivity contribution < 1.29 is 14.9 Å². The molecule has 1 aliphatic heterocycles. The molecular weight excluding hydrogens is 162 g/mol. The van der Waals surface area contributed by atoms with Crippen molar-refractivity contribution in [3.05, 3.63) is 10.4 Å². The highest BCUT2D eigenvalue weighted by atomic mass is 16.5. The highest BCUT2D eigenvalue weighted by molar-refractivity contribution is 4.89. The van der Waals surface area contributed by atoms with Crippen LogP contribution >= 0.6 is 0 Å². The number of azide groups is 1. The molecule has 12 heavy (non-hydrogen) atoms. The number of nitrogens with zero attached hydrogens (tertiary/aromatic N) is 3. The summed E-state index contributed by atoms with van der Waals surface area (Å²) in [6.45, 7) is 1.71. The fraction of sp³-hybridized carbons (Fsp3) is 1.00. The van der Waals surface area contributed by atoms with Crippen molar-refractivity contribution in [2.24, 2.45) is 5.11 Å². The van der Waals surface area contributed by atoms with Crippen molar-refractivity contribution in [3.8, 4) is 0 Å². The maximum atomic E-state index is 9.30. The van der Waals surface area contributed by atoms with Gasteiger partial charge in [0.1, 0.15) is 12.2 Å². The standard InChI is InChI=1S/C6H11N3O3/c1-3-5(10)6(11)4(12-3)2-8-9-7/h3-6,10-11H,2H2,1H3/t3?,4-,5+,6+/m1/s1. The molecule has 1 fully saturated rings. The molecule has 1 saturated heterocycles. The molecule has 6 heteroatoms. The Bertz CT molecular complexity index is 204. The fourth-order valence-corrected chi connectivity index (χ4v) is 1.20. The van der Waals surface area contributed by atoms with Crippen LogP contribution in [0.5, 0.6) is 0 Å². The van der Waals surface area contributed by atoms with Crippen LogP contribution in [0.4, 0.5) is 0 Å². The summed E-state index contributed by atoms with van der Waals surface area (Å²) in [7, 11) is 0. The molecular formula is C6H11N3O3. The van der Waals surface area contributed by atoms with Gasteiger partial charge in [0.2, 0.25) is 0 Å². The van der Waals surface area contributed by atoms with Crippen LogP contribution in [0.3, 0.4) is 0 Å². The SMILES string of the molecule is CC1O[C@H](CN=[N+]=[N-])[C@H](O)[C@H]1O. The maximum absolute atomic E-state index is 9.30. The molecule has 0 spiro atoms. The summed E-state index contributed by atoms with van der Waals surface area (Å²) in [5.74, 6) is 0. The topological polar surface area (TPSA) is 98.5 Å². The van der Waals surface area contributed by atoms with Crippen LogP contribution in [0, 0.1) is 0 Å². The van der Waals surface area contributed by atoms with Gasteiger partial charge in [0.15, 0.2) is 0 Å². The number of ether oxygens (including phenoxy) is 1. The molecule has 1 rings (SSSR count). The lowest BCUT2D eigenvalue weighted by molar-refractivity contribution is 0.0224. The molecule has 0 aromatic rings. The third-order valence-corrected chi connectivity index (χ3v) is 1.93. The highest BCUT2D eigenvalue weighted by Crippen LogP contribution is 2.20. The Morgan fingerprint density at radius 2 is 2.17 bits per heavy atom. The van der Waals surface area contributed by atoms with Gasteiger partial charge in [-0.15, -0.1) is 0 Å². The van der Waals surface area contributed by atoms with E-state index in [4.69, 9.17) is 10.3 Å². The summed E-state index contributed by atoms with van der Waals surface area (Å²) in [6.07, 6.45) is -2.82. The molecule has 6 nitrogen and oxygen atoms in total. The second-order valence-corrected chi connectivity index (χ2v) is 2.77. The van der Waals surface area contributed by atoms with Crippen LogP contribution in [0.1, 0.15) is 6.92 Å². The Hall–Kier alpha value is -0.810. The molecule has 1 heterocycles. The molecule has 4 atom stereocenters. The first-order valence-corrected chi connectivity index (χ1v) is 3.69. The van der Waals surface area contributed by atoms with E-state index in [1.54, 1.807) is 6.92 Å². The first-order chi connectivity index (χ1) is 5.66. The van der Waals surface area contributed by atoms with Gasteiger partial charge in [0.05, 0.1) is 18.8 Å². The van der Waals surface area contributed by atoms with Crippen molar-refractivity contribution in [3.63, 3.8) is 0 Å². The molecule has 0 aromatic carbocycles. The van der Waals surface area contributed by atoms with Gasteiger partial charge in [-0.05, 0) is 12.5 Å². The molecule has 0 radical (unpaired) electrons. The molecule has 0 saturated carbocycles. The Morgan fingerprint density at radius 3 is 2.58 bits per heavy atom. The quantitative estimate of drug-likeness (QED) is 0.344. The van der Waals surface area contributed by atoms with Crippen LogP contribution < -0.4 is 0 Å². The number of rotatable bonds is 2. The van der Waals surface area contributed by atoms with Crippen LogP contribution in [0.15, 0.2) is 5.11 Å². The molecule has 1 aliphatic rings. The maximum Gasteiger partial charge on any atom is 0.109 e. The van der Waals surface area contributed by atoms with Crippen molar-refractivity contribution in [2.45, 2.75) is 31.3 Å². The first kappa shape index (κ1) is 9.28. The zero-order valence-corrected chi connectivity index (χ0v) is 6.66. The van der Waals surface area contributed by atoms with E-state index in [0.717, 1.165) is 0 Å². The summed E-state index contributed by atoms with van der Waals surface area (Å²) in [5.41, 5.74) is 8.00. The second-order valence-electron chi connectivity index (χ2n) is 2.77. The number of hydrogen-bond acceptors (Lipinski definition) is 4. The van der Waals surface area contributed by atoms with Gasteiger partial charge in [0, 0.05) is 4.91 Å². The van der Waals surface area contributed by atoms with E-state index in [2.05, 4.69) is 10.0 Å². The first-order valence-electron chi connectivity index (χ1n) is 3.69. The van der Waals surface area contributed by atoms with Crippen LogP contribution in [0.2, 0.25) is 0 Å². The van der Waals surface area contributed by atoms with E-state index in [1.807, 2.05) is 0 Å². The van der Waals surface area contributed by atoms with Crippen LogP contribution in [-0.2, 0) is 4.74 Å². The van der Waals surface area contributed by atoms with Gasteiger partial charge in [-0.25, -0.2) is 0 Å². The fourth-order valence-electron chi connectivity index (χ4n) is 1.20. The summed E-state index contributed by atoms with van der Waals surface area (Å²) >= 11 is 0. The lowest BCUT2D eigenvalue weighted by Crippen LogP contribution is -2.32. The van der Waals surface area contributed by atoms with E-state index in [9.17, 15) is 10.2 Å². The average molecular weight is 173 g/mol. The molecule has 2 N–H and O–H groups in total. The Labute approximate surface area is 69.4 Å². The van der Waals surface area contributed by atoms with Crippen molar-refractivity contribution >= 4 is 0 Å². The Morgan fingerprint density at radius 1 is 1.50 bits per heavy atom. The Kier molecular flexibility index (Phi) is 2.88. The van der Waals surface area contributed by atoms with E-state index < -0.39 is 24.4 Å². The molecule has 0 amide bonds. The third-order valence-electron chi connectivity index (χ3n) is 1.93. The smallest absolute Gasteiger partial charge is 0.109 e. The summed E-state index contributed by atoms with van der Waals surface area (Å²) in [6, 6.07) is 0. The minimum absolute atomic E-state index is 0.0546. The number of aliphatic hydroxyl groups is 2. The highest BCUT2D eigenvalue weighted by Gasteiger charge is 2.39. The van der Waals surface area contributed by atoms with Crippen molar-refractivity contribution in [1.82, 2.24) is 0 Å². The van der Waals surface area contributed by atoms with Gasteiger partial charge in [0.25, 0.3) is 0 Å². The van der Waals surface area contributed by atoms with Gasteiger partial charge in [-0.3, -0.25) is 0 Å². The van der Waals surface area contributed by atoms with Crippen molar-refractivity contribution in [2.75, 3.05) is 6.54 Å². The summed E-state index contributed by atoms with van der Waals surface area (Å²) < 4.78 is 5.12. The largest absolute Gasteiger partial charge is 0.388 e. The lowest BCUT2D eigenvalue weighted by atomic mass is 10.1. The summed E-state index contributed by atoms with van der Waals surface area (Å²) in [5, 5.41) is 21.8. The minimum Gasteiger partial charge on any atom is -0.388 e. The minimum atomic E-state index is -0.953. The zero-order valence-electron chi connectivity index (χ0n) is 6.66. The lowest BCUT2D eigenvalue weighted by Gasteiger charge is -2.10. The zero-order chi connectivity index (χ0) is 9.14. The molecule has 0 bridgehead atoms. The number of hydrogen-bond donors (Lipinski definition) is 2. The van der Waals surface area contributed by atoms with Gasteiger partial charge in [-0.1, -0.05) is 5.11 Å². The normalized spacial score (nSPS) is 40.9. The second kappa shape index (κ2) is 3.73. The molecule has 1 unspecified atom stereocenters.